The lowest BCUT2D eigenvalue weighted by molar-refractivity contribution is -0.170. The predicted octanol–water partition coefficient (Wildman–Crippen LogP) is 5.54. The van der Waals surface area contributed by atoms with Crippen molar-refractivity contribution >= 4 is 40.3 Å². The zero-order valence-electron chi connectivity index (χ0n) is 17.1. The fraction of sp³-hybridized carbons (Fsp3) is 0.304. The van der Waals surface area contributed by atoms with Gasteiger partial charge in [0.25, 0.3) is 0 Å². The number of likely N-dealkylation sites (tertiary alicyclic amines) is 1. The third-order valence-electron chi connectivity index (χ3n) is 5.02. The number of carbonyl (C=O) groups is 2. The van der Waals surface area contributed by atoms with E-state index in [1.165, 1.54) is 12.1 Å². The van der Waals surface area contributed by atoms with Crippen LogP contribution < -0.4 is 4.90 Å². The van der Waals surface area contributed by atoms with Crippen LogP contribution in [-0.2, 0) is 16.1 Å². The fourth-order valence-corrected chi connectivity index (χ4v) is 4.14. The molecule has 3 rings (SSSR count). The monoisotopic (exact) mass is 558 g/mol. The predicted molar refractivity (Wildman–Crippen MR) is 123 cm³/mol. The molecular weight excluding hydrogens is 536 g/mol. The molecule has 0 N–H and O–H groups in total. The maximum Gasteiger partial charge on any atom is 0.471 e. The molecule has 1 atom stereocenters. The average molecular weight is 558 g/mol. The number of anilines is 1. The summed E-state index contributed by atoms with van der Waals surface area (Å²) in [7, 11) is 0. The smallest absolute Gasteiger partial charge is 0.445 e. The Labute approximate surface area is 198 Å². The second-order valence-electron chi connectivity index (χ2n) is 7.24. The van der Waals surface area contributed by atoms with E-state index in [9.17, 15) is 22.8 Å². The summed E-state index contributed by atoms with van der Waals surface area (Å²) in [5, 5.41) is 0. The van der Waals surface area contributed by atoms with Crippen LogP contribution in [0, 0.1) is 3.57 Å². The number of benzene rings is 2. The van der Waals surface area contributed by atoms with Gasteiger partial charge >= 0.3 is 18.2 Å². The van der Waals surface area contributed by atoms with E-state index in [0.717, 1.165) is 12.0 Å². The van der Waals surface area contributed by atoms with Gasteiger partial charge in [-0.05, 0) is 53.1 Å². The van der Waals surface area contributed by atoms with E-state index in [1.807, 2.05) is 52.9 Å². The molecular formula is C23H22F3IN2O3. The lowest BCUT2D eigenvalue weighted by Gasteiger charge is -2.24. The van der Waals surface area contributed by atoms with Crippen LogP contribution in [0.15, 0.2) is 66.7 Å². The van der Waals surface area contributed by atoms with Crippen molar-refractivity contribution in [1.29, 1.82) is 0 Å². The van der Waals surface area contributed by atoms with E-state index in [0.29, 0.717) is 21.4 Å². The normalized spacial score (nSPS) is 16.4. The molecule has 2 amide bonds. The van der Waals surface area contributed by atoms with Crippen LogP contribution >= 0.6 is 22.6 Å². The number of alkyl halides is 3. The van der Waals surface area contributed by atoms with Crippen LogP contribution in [0.3, 0.4) is 0 Å². The van der Waals surface area contributed by atoms with E-state index in [4.69, 9.17) is 4.74 Å². The number of amides is 2. The Morgan fingerprint density at radius 1 is 1.12 bits per heavy atom. The molecule has 2 aromatic carbocycles. The molecule has 0 radical (unpaired) electrons. The third kappa shape index (κ3) is 6.24. The molecule has 32 heavy (non-hydrogen) atoms. The van der Waals surface area contributed by atoms with Crippen molar-refractivity contribution in [2.75, 3.05) is 18.0 Å². The number of halogens is 4. The maximum atomic E-state index is 13.2. The van der Waals surface area contributed by atoms with Gasteiger partial charge < -0.3 is 9.64 Å². The quantitative estimate of drug-likeness (QED) is 0.346. The van der Waals surface area contributed by atoms with E-state index in [1.54, 1.807) is 29.2 Å². The molecule has 0 aromatic heterocycles. The number of nitrogens with zero attached hydrogens (tertiary/aromatic N) is 2. The second-order valence-corrected chi connectivity index (χ2v) is 8.40. The van der Waals surface area contributed by atoms with Crippen LogP contribution in [0.2, 0.25) is 0 Å². The van der Waals surface area contributed by atoms with Gasteiger partial charge in [0.15, 0.2) is 0 Å². The van der Waals surface area contributed by atoms with Gasteiger partial charge in [0.2, 0.25) is 0 Å². The Bertz CT molecular complexity index is 966. The van der Waals surface area contributed by atoms with E-state index in [2.05, 4.69) is 0 Å². The van der Waals surface area contributed by atoms with Gasteiger partial charge in [-0.2, -0.15) is 13.2 Å². The van der Waals surface area contributed by atoms with E-state index < -0.39 is 18.2 Å². The van der Waals surface area contributed by atoms with Crippen molar-refractivity contribution in [2.24, 2.45) is 0 Å². The van der Waals surface area contributed by atoms with Gasteiger partial charge in [-0.3, -0.25) is 9.69 Å². The van der Waals surface area contributed by atoms with Gasteiger partial charge in [0.1, 0.15) is 6.61 Å². The minimum atomic E-state index is -4.99. The van der Waals surface area contributed by atoms with Crippen LogP contribution in [0.1, 0.15) is 18.4 Å². The molecule has 2 aromatic rings. The largest absolute Gasteiger partial charge is 0.471 e. The molecule has 0 bridgehead atoms. The molecule has 0 spiro atoms. The summed E-state index contributed by atoms with van der Waals surface area (Å²) in [6.07, 6.45) is -0.858. The van der Waals surface area contributed by atoms with E-state index >= 15 is 0 Å². The summed E-state index contributed by atoms with van der Waals surface area (Å²) in [5.41, 5.74) is 1.05. The highest BCUT2D eigenvalue weighted by atomic mass is 127. The van der Waals surface area contributed by atoms with Crippen LogP contribution in [0.25, 0.3) is 0 Å². The first kappa shape index (κ1) is 24.1. The van der Waals surface area contributed by atoms with Crippen molar-refractivity contribution in [2.45, 2.75) is 31.7 Å². The van der Waals surface area contributed by atoms with E-state index in [-0.39, 0.29) is 24.9 Å². The van der Waals surface area contributed by atoms with Crippen LogP contribution in [-0.4, -0.2) is 42.2 Å². The first-order valence-electron chi connectivity index (χ1n) is 10.0. The Hall–Kier alpha value is -2.56. The molecule has 0 unspecified atom stereocenters. The Morgan fingerprint density at radius 3 is 2.50 bits per heavy atom. The van der Waals surface area contributed by atoms with Crippen molar-refractivity contribution in [3.05, 3.63) is 75.9 Å². The number of hydrogen-bond acceptors (Lipinski definition) is 3. The molecule has 1 heterocycles. The van der Waals surface area contributed by atoms with Crippen LogP contribution in [0.4, 0.5) is 23.7 Å². The first-order valence-corrected chi connectivity index (χ1v) is 11.1. The second kappa shape index (κ2) is 10.8. The topological polar surface area (TPSA) is 49.9 Å². The van der Waals surface area contributed by atoms with Gasteiger partial charge in [-0.25, -0.2) is 4.79 Å². The average Bonchev–Trinajstić information content (AvgIpc) is 3.24. The number of rotatable bonds is 6. The number of ether oxygens (including phenoxy) is 1. The number of hydrogen-bond donors (Lipinski definition) is 0. The molecule has 1 aliphatic heterocycles. The zero-order valence-corrected chi connectivity index (χ0v) is 19.3. The van der Waals surface area contributed by atoms with Crippen molar-refractivity contribution < 1.29 is 27.5 Å². The summed E-state index contributed by atoms with van der Waals surface area (Å²) >= 11 is 1.90. The third-order valence-corrected chi connectivity index (χ3v) is 5.93. The van der Waals surface area contributed by atoms with Gasteiger partial charge in [-0.1, -0.05) is 54.6 Å². The summed E-state index contributed by atoms with van der Waals surface area (Å²) in [6.45, 7) is 0.388. The first-order chi connectivity index (χ1) is 15.3. The summed E-state index contributed by atoms with van der Waals surface area (Å²) in [5.74, 6) is -1.93. The Kier molecular flexibility index (Phi) is 8.16. The molecule has 1 fully saturated rings. The molecule has 1 aliphatic rings. The lowest BCUT2D eigenvalue weighted by Crippen LogP contribution is -2.42. The molecule has 5 nitrogen and oxygen atoms in total. The van der Waals surface area contributed by atoms with Crippen molar-refractivity contribution in [1.82, 2.24) is 4.90 Å². The number of para-hydroxylation sites is 1. The van der Waals surface area contributed by atoms with Crippen molar-refractivity contribution in [3.8, 4) is 0 Å². The standard InChI is InChI=1S/C23H22F3IN2O3/c24-23(25,26)21(30)29(20-13-5-4-12-19(20)27)15-7-11-18-10-6-14-28(18)22(31)32-16-17-8-2-1-3-9-17/h1-5,7-9,11-13,18H,6,10,14-16H2/t18-/m1/s1. The van der Waals surface area contributed by atoms with Crippen LogP contribution in [0.5, 0.6) is 0 Å². The number of carbonyl (C=O) groups excluding carboxylic acids is 2. The van der Waals surface area contributed by atoms with Crippen molar-refractivity contribution in [3.63, 3.8) is 0 Å². The molecule has 1 saturated heterocycles. The minimum Gasteiger partial charge on any atom is -0.445 e. The van der Waals surface area contributed by atoms with Gasteiger partial charge in [-0.15, -0.1) is 0 Å². The van der Waals surface area contributed by atoms with Gasteiger partial charge in [0, 0.05) is 16.7 Å². The zero-order chi connectivity index (χ0) is 23.1. The maximum absolute atomic E-state index is 13.2. The SMILES string of the molecule is O=C(OCc1ccccc1)N1CCC[C@@H]1C=CCN(C(=O)C(F)(F)F)c1ccccc1I. The fourth-order valence-electron chi connectivity index (χ4n) is 3.46. The molecule has 9 heteroatoms. The summed E-state index contributed by atoms with van der Waals surface area (Å²) in [6, 6.07) is 15.4. The minimum absolute atomic E-state index is 0.146. The highest BCUT2D eigenvalue weighted by Gasteiger charge is 2.43. The highest BCUT2D eigenvalue weighted by Crippen LogP contribution is 2.28. The summed E-state index contributed by atoms with van der Waals surface area (Å²) < 4.78 is 45.4. The molecule has 0 aliphatic carbocycles. The Balaban J connectivity index is 1.66. The summed E-state index contributed by atoms with van der Waals surface area (Å²) in [4.78, 5) is 26.8. The Morgan fingerprint density at radius 2 is 1.81 bits per heavy atom. The lowest BCUT2D eigenvalue weighted by atomic mass is 10.2. The molecule has 170 valence electrons. The highest BCUT2D eigenvalue weighted by molar-refractivity contribution is 14.1. The molecule has 0 saturated carbocycles. The van der Waals surface area contributed by atoms with Gasteiger partial charge in [0.05, 0.1) is 11.7 Å².